The Kier molecular flexibility index (Phi) is 8.57. The molecule has 3 aromatic carbocycles. The van der Waals surface area contributed by atoms with E-state index in [-0.39, 0.29) is 12.5 Å². The van der Waals surface area contributed by atoms with Crippen LogP contribution >= 0.6 is 22.9 Å². The highest BCUT2D eigenvalue weighted by molar-refractivity contribution is 7.22. The molecule has 1 saturated heterocycles. The Morgan fingerprint density at radius 1 is 1.17 bits per heavy atom. The second-order valence-corrected chi connectivity index (χ2v) is 13.1. The molecule has 1 unspecified atom stereocenters. The molecule has 0 radical (unpaired) electrons. The van der Waals surface area contributed by atoms with Crippen molar-refractivity contribution in [3.8, 4) is 11.1 Å². The number of thiazole rings is 1. The van der Waals surface area contributed by atoms with Gasteiger partial charge in [-0.05, 0) is 80.3 Å². The number of nitrogens with one attached hydrogen (secondary N) is 1. The second-order valence-electron chi connectivity index (χ2n) is 11.7. The number of aryl methyl sites for hydroxylation is 2. The second kappa shape index (κ2) is 12.0. The molecule has 0 spiro atoms. The summed E-state index contributed by atoms with van der Waals surface area (Å²) >= 11 is 7.79. The number of aromatic nitrogens is 3. The van der Waals surface area contributed by atoms with Gasteiger partial charge in [-0.3, -0.25) is 9.48 Å². The molecule has 2 aromatic heterocycles. The topological polar surface area (TPSA) is 104 Å². The van der Waals surface area contributed by atoms with E-state index in [2.05, 4.69) is 33.5 Å². The number of piperazine rings is 1. The first kappa shape index (κ1) is 30.0. The number of carbonyl (C=O) groups is 1. The highest BCUT2D eigenvalue weighted by Crippen LogP contribution is 2.41. The largest absolute Gasteiger partial charge is 0.481 e. The van der Waals surface area contributed by atoms with E-state index in [0.717, 1.165) is 68.1 Å². The van der Waals surface area contributed by atoms with Crippen LogP contribution in [0.5, 0.6) is 0 Å². The van der Waals surface area contributed by atoms with E-state index in [4.69, 9.17) is 21.7 Å². The van der Waals surface area contributed by atoms with Crippen LogP contribution in [0.1, 0.15) is 43.5 Å². The number of rotatable bonds is 5. The van der Waals surface area contributed by atoms with Gasteiger partial charge in [0.05, 0.1) is 34.0 Å². The lowest BCUT2D eigenvalue weighted by Crippen LogP contribution is -2.45. The lowest BCUT2D eigenvalue weighted by molar-refractivity contribution is -0.136. The van der Waals surface area contributed by atoms with E-state index in [1.807, 2.05) is 55.2 Å². The van der Waals surface area contributed by atoms with E-state index >= 15 is 0 Å². The monoisotopic (exact) mass is 605 g/mol. The first-order chi connectivity index (χ1) is 19.9. The molecule has 0 bridgehead atoms. The maximum Gasteiger partial charge on any atom is 0.307 e. The maximum atomic E-state index is 11.7. The summed E-state index contributed by atoms with van der Waals surface area (Å²) in [5, 5.41) is 28.9. The van der Waals surface area contributed by atoms with Gasteiger partial charge in [-0.1, -0.05) is 41.1 Å². The minimum absolute atomic E-state index is 0.0422. The van der Waals surface area contributed by atoms with Crippen molar-refractivity contribution >= 4 is 55.2 Å². The summed E-state index contributed by atoms with van der Waals surface area (Å²) in [6.45, 7) is 9.68. The summed E-state index contributed by atoms with van der Waals surface area (Å²) < 4.78 is 2.89. The van der Waals surface area contributed by atoms with Crippen molar-refractivity contribution in [2.45, 2.75) is 45.8 Å². The van der Waals surface area contributed by atoms with E-state index < -0.39 is 11.6 Å². The number of fused-ring (bicyclic) bond motifs is 2. The van der Waals surface area contributed by atoms with Gasteiger partial charge < -0.3 is 20.4 Å². The predicted molar refractivity (Wildman–Crippen MR) is 172 cm³/mol. The number of nitrogens with zero attached hydrogens (tertiary/aromatic N) is 4. The third-order valence-corrected chi connectivity index (χ3v) is 8.48. The number of aliphatic hydroxyl groups is 1. The van der Waals surface area contributed by atoms with Gasteiger partial charge in [0.2, 0.25) is 0 Å². The molecule has 6 rings (SSSR count). The van der Waals surface area contributed by atoms with E-state index in [9.17, 15) is 9.90 Å². The fourth-order valence-corrected chi connectivity index (χ4v) is 6.51. The van der Waals surface area contributed by atoms with E-state index in [1.54, 1.807) is 32.1 Å². The van der Waals surface area contributed by atoms with Crippen molar-refractivity contribution in [2.24, 2.45) is 7.05 Å². The van der Waals surface area contributed by atoms with E-state index in [0.29, 0.717) is 5.02 Å². The molecule has 1 aliphatic heterocycles. The number of anilines is 1. The molecule has 3 N–H and O–H groups in total. The predicted octanol–water partition coefficient (Wildman–Crippen LogP) is 6.37. The molecule has 8 nitrogen and oxygen atoms in total. The van der Waals surface area contributed by atoms with Crippen LogP contribution in [-0.4, -0.2) is 56.2 Å². The Morgan fingerprint density at radius 3 is 2.57 bits per heavy atom. The van der Waals surface area contributed by atoms with Crippen LogP contribution in [0.4, 0.5) is 5.13 Å². The quantitative estimate of drug-likeness (QED) is 0.214. The maximum absolute atomic E-state index is 11.7. The van der Waals surface area contributed by atoms with Crippen LogP contribution in [0.2, 0.25) is 5.02 Å². The number of halogens is 1. The molecule has 220 valence electrons. The van der Waals surface area contributed by atoms with Crippen LogP contribution < -0.4 is 10.2 Å². The zero-order chi connectivity index (χ0) is 30.2. The Hall–Kier alpha value is -3.50. The Bertz CT molecular complexity index is 1730. The molecule has 1 fully saturated rings. The summed E-state index contributed by atoms with van der Waals surface area (Å²) in [5.74, 6) is -0.849. The van der Waals surface area contributed by atoms with Gasteiger partial charge in [0, 0.05) is 48.7 Å². The molecule has 0 saturated carbocycles. The summed E-state index contributed by atoms with van der Waals surface area (Å²) in [7, 11) is 1.96. The first-order valence-corrected chi connectivity index (χ1v) is 15.1. The first-order valence-electron chi connectivity index (χ1n) is 13.9. The zero-order valence-corrected chi connectivity index (χ0v) is 26.1. The molecule has 10 heteroatoms. The molecular weight excluding hydrogens is 570 g/mol. The van der Waals surface area contributed by atoms with Gasteiger partial charge in [0.15, 0.2) is 5.13 Å². The van der Waals surface area contributed by atoms with Gasteiger partial charge in [0.25, 0.3) is 0 Å². The average molecular weight is 606 g/mol. The standard InChI is InChI=1S/C28H26ClN5O2S.C4H10O/c1-16-11-22-27(26(21(16)13-25(35)36)17-3-6-20(29)7-4-17)37-28(32-22)34-10-9-30-23(15-34)18-5-8-24-19(12-18)14-31-33(24)2;1-4(2,3)5/h3-8,11-12,14,23,30H,9-10,13,15H2,1-2H3,(H,35,36);5H,1-3H3. The summed E-state index contributed by atoms with van der Waals surface area (Å²) in [5.41, 5.74) is 6.38. The lowest BCUT2D eigenvalue weighted by Gasteiger charge is -2.33. The molecular formula is C32H36ClN5O3S. The third-order valence-electron chi connectivity index (χ3n) is 7.08. The van der Waals surface area contributed by atoms with Gasteiger partial charge in [-0.2, -0.15) is 5.10 Å². The molecule has 1 atom stereocenters. The molecule has 0 amide bonds. The van der Waals surface area contributed by atoms with E-state index in [1.165, 1.54) is 5.56 Å². The number of carboxylic acid groups (broad SMARTS) is 1. The van der Waals surface area contributed by atoms with Crippen molar-refractivity contribution in [1.29, 1.82) is 0 Å². The fraction of sp³-hybridized carbons (Fsp3) is 0.344. The van der Waals surface area contributed by atoms with Crippen molar-refractivity contribution < 1.29 is 15.0 Å². The van der Waals surface area contributed by atoms with Crippen molar-refractivity contribution in [1.82, 2.24) is 20.1 Å². The minimum atomic E-state index is -0.849. The number of carboxylic acids is 1. The molecule has 3 heterocycles. The average Bonchev–Trinajstić information content (AvgIpc) is 3.52. The number of aliphatic carboxylic acids is 1. The highest BCUT2D eigenvalue weighted by Gasteiger charge is 2.25. The summed E-state index contributed by atoms with van der Waals surface area (Å²) in [4.78, 5) is 19.1. The highest BCUT2D eigenvalue weighted by atomic mass is 35.5. The van der Waals surface area contributed by atoms with Crippen LogP contribution in [0.3, 0.4) is 0 Å². The number of hydrogen-bond donors (Lipinski definition) is 3. The van der Waals surface area contributed by atoms with Gasteiger partial charge in [0.1, 0.15) is 0 Å². The minimum Gasteiger partial charge on any atom is -0.481 e. The fourth-order valence-electron chi connectivity index (χ4n) is 5.21. The number of hydrogen-bond acceptors (Lipinski definition) is 7. The molecule has 5 aromatic rings. The third kappa shape index (κ3) is 6.76. The zero-order valence-electron chi connectivity index (χ0n) is 24.5. The van der Waals surface area contributed by atoms with Gasteiger partial charge in [-0.15, -0.1) is 0 Å². The SMILES string of the molecule is CC(C)(C)O.Cc1cc2nc(N3CCNC(c4ccc5c(cnn5C)c4)C3)sc2c(-c2ccc(Cl)cc2)c1CC(=O)O. The number of benzene rings is 3. The van der Waals surface area contributed by atoms with Gasteiger partial charge >= 0.3 is 5.97 Å². The van der Waals surface area contributed by atoms with Crippen LogP contribution in [0.25, 0.3) is 32.2 Å². The molecule has 0 aliphatic carbocycles. The molecule has 1 aliphatic rings. The summed E-state index contributed by atoms with van der Waals surface area (Å²) in [6.07, 6.45) is 1.86. The van der Waals surface area contributed by atoms with Crippen molar-refractivity contribution in [3.05, 3.63) is 76.4 Å². The normalized spacial score (nSPS) is 15.6. The molecule has 42 heavy (non-hydrogen) atoms. The Labute approximate surface area is 254 Å². The van der Waals surface area contributed by atoms with Crippen LogP contribution in [0, 0.1) is 6.92 Å². The smallest absolute Gasteiger partial charge is 0.307 e. The summed E-state index contributed by atoms with van der Waals surface area (Å²) in [6, 6.07) is 16.3. The van der Waals surface area contributed by atoms with Gasteiger partial charge in [-0.25, -0.2) is 4.98 Å². The Morgan fingerprint density at radius 2 is 1.88 bits per heavy atom. The lowest BCUT2D eigenvalue weighted by atomic mass is 9.93. The van der Waals surface area contributed by atoms with Crippen molar-refractivity contribution in [3.63, 3.8) is 0 Å². The van der Waals surface area contributed by atoms with Crippen molar-refractivity contribution in [2.75, 3.05) is 24.5 Å². The van der Waals surface area contributed by atoms with Crippen LogP contribution in [0.15, 0.2) is 54.7 Å². The Balaban J connectivity index is 0.000000652. The van der Waals surface area contributed by atoms with Crippen LogP contribution in [-0.2, 0) is 18.3 Å².